The molecule has 6 rings (SSSR count). The average molecular weight is 607 g/mol. The fourth-order valence-corrected chi connectivity index (χ4v) is 7.57. The first-order valence-electron chi connectivity index (χ1n) is 15.7. The molecular weight excluding hydrogens is 564 g/mol. The average Bonchev–Trinajstić information content (AvgIpc) is 3.62. The lowest BCUT2D eigenvalue weighted by molar-refractivity contribution is 0.0963. The largest absolute Gasteiger partial charge is 0.388 e. The Labute approximate surface area is 264 Å². The number of H-pyrrole nitrogens is 1. The van der Waals surface area contributed by atoms with E-state index in [1.54, 1.807) is 14.1 Å². The van der Waals surface area contributed by atoms with Crippen LogP contribution in [0, 0.1) is 17.2 Å². The molecule has 45 heavy (non-hydrogen) atoms. The Kier molecular flexibility index (Phi) is 7.91. The number of piperidine rings is 1. The van der Waals surface area contributed by atoms with E-state index in [9.17, 15) is 14.9 Å². The Bertz CT molecular complexity index is 1710. The van der Waals surface area contributed by atoms with Gasteiger partial charge in [0.15, 0.2) is 0 Å². The van der Waals surface area contributed by atoms with Gasteiger partial charge in [-0.15, -0.1) is 0 Å². The van der Waals surface area contributed by atoms with Gasteiger partial charge in [0.1, 0.15) is 11.9 Å². The number of aromatic nitrogens is 3. The van der Waals surface area contributed by atoms with Crippen molar-refractivity contribution in [2.24, 2.45) is 13.0 Å². The fraction of sp³-hybridized carbons (Fsp3) is 0.429. The van der Waals surface area contributed by atoms with E-state index in [1.165, 1.54) is 4.68 Å². The molecule has 0 bridgehead atoms. The molecule has 2 heterocycles. The topological polar surface area (TPSA) is 131 Å². The number of aromatic amines is 1. The summed E-state index contributed by atoms with van der Waals surface area (Å²) in [5, 5.41) is 24.1. The second kappa shape index (κ2) is 11.7. The molecule has 234 valence electrons. The van der Waals surface area contributed by atoms with E-state index < -0.39 is 5.41 Å². The van der Waals surface area contributed by atoms with Gasteiger partial charge in [-0.1, -0.05) is 31.4 Å². The van der Waals surface area contributed by atoms with Crippen LogP contribution in [0.15, 0.2) is 60.0 Å². The van der Waals surface area contributed by atoms with Crippen LogP contribution in [-0.2, 0) is 25.3 Å². The molecular formula is C35H42N8O2. The number of carbonyl (C=O) groups excluding carboxylic acids is 1. The van der Waals surface area contributed by atoms with Gasteiger partial charge in [-0.2, -0.15) is 10.4 Å². The highest BCUT2D eigenvalue weighted by atomic mass is 16.2. The molecule has 5 atom stereocenters. The van der Waals surface area contributed by atoms with Crippen LogP contribution < -0.4 is 21.6 Å². The zero-order valence-electron chi connectivity index (χ0n) is 26.5. The van der Waals surface area contributed by atoms with E-state index in [-0.39, 0.29) is 23.7 Å². The standard InChI is InChI=1S/C35H42N8O2/c1-20(39-19-21(2)43-28(18-36)15-27-16-31(27)43)17-35(33-40-34(45)42(6)41-33)29-11-9-23(22(3)37-4)13-24(29)7-8-25-14-26(32(44)38-5)10-12-30(25)35/h9-14,20,27-28,31,37,39H,2-3,7-8,15-17,19H2,1,4-6H3,(H,38,44)(H,40,41,45)/t20-,27+,28?,31?,35?/m1/s1. The summed E-state index contributed by atoms with van der Waals surface area (Å²) >= 11 is 0. The van der Waals surface area contributed by atoms with Gasteiger partial charge in [-0.05, 0) is 91.0 Å². The second-order valence-corrected chi connectivity index (χ2v) is 12.8. The number of hydrogen-bond donors (Lipinski definition) is 4. The van der Waals surface area contributed by atoms with Crippen molar-refractivity contribution in [2.75, 3.05) is 20.6 Å². The molecule has 10 nitrogen and oxygen atoms in total. The molecule has 4 N–H and O–H groups in total. The first kappa shape index (κ1) is 30.4. The lowest BCUT2D eigenvalue weighted by atomic mass is 9.67. The van der Waals surface area contributed by atoms with E-state index in [1.807, 2.05) is 25.2 Å². The Morgan fingerprint density at radius 1 is 1.11 bits per heavy atom. The van der Waals surface area contributed by atoms with Gasteiger partial charge < -0.3 is 20.9 Å². The molecule has 1 saturated heterocycles. The van der Waals surface area contributed by atoms with Crippen LogP contribution >= 0.6 is 0 Å². The van der Waals surface area contributed by atoms with E-state index in [0.717, 1.165) is 58.5 Å². The highest BCUT2D eigenvalue weighted by Crippen LogP contribution is 2.49. The van der Waals surface area contributed by atoms with Crippen LogP contribution in [0.1, 0.15) is 70.2 Å². The molecule has 0 spiro atoms. The van der Waals surface area contributed by atoms with Gasteiger partial charge in [0.2, 0.25) is 0 Å². The summed E-state index contributed by atoms with van der Waals surface area (Å²) in [6.07, 6.45) is 4.09. The van der Waals surface area contributed by atoms with Gasteiger partial charge in [0.05, 0.1) is 11.5 Å². The molecule has 10 heteroatoms. The maximum Gasteiger partial charge on any atom is 0.343 e. The van der Waals surface area contributed by atoms with Crippen molar-refractivity contribution in [1.29, 1.82) is 5.26 Å². The normalized spacial score (nSPS) is 23.5. The monoisotopic (exact) mass is 606 g/mol. The number of carbonyl (C=O) groups is 1. The third-order valence-corrected chi connectivity index (χ3v) is 9.99. The van der Waals surface area contributed by atoms with Crippen molar-refractivity contribution in [1.82, 2.24) is 35.6 Å². The van der Waals surface area contributed by atoms with Gasteiger partial charge in [-0.25, -0.2) is 9.48 Å². The van der Waals surface area contributed by atoms with E-state index >= 15 is 0 Å². The zero-order valence-corrected chi connectivity index (χ0v) is 26.5. The Hall–Kier alpha value is -4.62. The summed E-state index contributed by atoms with van der Waals surface area (Å²) in [4.78, 5) is 31.0. The number of aryl methyl sites for hydroxylation is 3. The van der Waals surface area contributed by atoms with Crippen molar-refractivity contribution in [2.45, 2.75) is 62.6 Å². The molecule has 3 aromatic rings. The third kappa shape index (κ3) is 5.25. The molecule has 3 unspecified atom stereocenters. The number of hydrogen-bond acceptors (Lipinski definition) is 7. The summed E-state index contributed by atoms with van der Waals surface area (Å²) in [6.45, 7) is 11.2. The molecule has 0 radical (unpaired) electrons. The number of nitrogens with one attached hydrogen (secondary N) is 4. The SMILES string of the molecule is C=C(NC)c1ccc2c(c1)CCc1cc(C(=O)NC)ccc1C2(C[C@@H](C)NCC(=C)N1C(C#N)C[C@H]2CC21)c1nn(C)c(=O)[nH]1. The van der Waals surface area contributed by atoms with Crippen molar-refractivity contribution in [3.8, 4) is 6.07 Å². The zero-order chi connectivity index (χ0) is 32.0. The van der Waals surface area contributed by atoms with Crippen LogP contribution in [-0.4, -0.2) is 64.3 Å². The van der Waals surface area contributed by atoms with Crippen molar-refractivity contribution < 1.29 is 4.79 Å². The Morgan fingerprint density at radius 2 is 1.78 bits per heavy atom. The summed E-state index contributed by atoms with van der Waals surface area (Å²) in [5.74, 6) is 1.02. The maximum absolute atomic E-state index is 13.0. The number of nitrogens with zero attached hydrogens (tertiary/aromatic N) is 4. The van der Waals surface area contributed by atoms with E-state index in [0.29, 0.717) is 42.7 Å². The molecule has 2 aromatic carbocycles. The lowest BCUT2D eigenvalue weighted by Crippen LogP contribution is -2.42. The van der Waals surface area contributed by atoms with Crippen molar-refractivity contribution >= 4 is 11.6 Å². The van der Waals surface area contributed by atoms with Crippen LogP contribution in [0.2, 0.25) is 0 Å². The van der Waals surface area contributed by atoms with E-state index in [2.05, 4.69) is 70.2 Å². The smallest absolute Gasteiger partial charge is 0.343 e. The van der Waals surface area contributed by atoms with Gasteiger partial charge in [0.25, 0.3) is 5.91 Å². The van der Waals surface area contributed by atoms with Crippen molar-refractivity contribution in [3.05, 3.63) is 105 Å². The van der Waals surface area contributed by atoms with Crippen LogP contribution in [0.4, 0.5) is 0 Å². The van der Waals surface area contributed by atoms with Gasteiger partial charge in [0, 0.05) is 56.7 Å². The molecule has 1 amide bonds. The Balaban J connectivity index is 1.45. The Morgan fingerprint density at radius 3 is 2.38 bits per heavy atom. The summed E-state index contributed by atoms with van der Waals surface area (Å²) in [7, 11) is 5.15. The van der Waals surface area contributed by atoms with Crippen molar-refractivity contribution in [3.63, 3.8) is 0 Å². The van der Waals surface area contributed by atoms with Crippen LogP contribution in [0.25, 0.3) is 5.70 Å². The number of amides is 1. The molecule has 2 fully saturated rings. The fourth-order valence-electron chi connectivity index (χ4n) is 7.57. The minimum atomic E-state index is -0.833. The summed E-state index contributed by atoms with van der Waals surface area (Å²) in [6, 6.07) is 15.0. The van der Waals surface area contributed by atoms with Gasteiger partial charge in [-0.3, -0.25) is 9.78 Å². The number of benzene rings is 2. The molecule has 2 aliphatic carbocycles. The first-order chi connectivity index (χ1) is 21.6. The molecule has 1 aliphatic heterocycles. The second-order valence-electron chi connectivity index (χ2n) is 12.8. The molecule has 1 saturated carbocycles. The van der Waals surface area contributed by atoms with Crippen LogP contribution in [0.3, 0.4) is 0 Å². The first-order valence-corrected chi connectivity index (χ1v) is 15.7. The number of nitriles is 1. The lowest BCUT2D eigenvalue weighted by Gasteiger charge is -2.37. The number of rotatable bonds is 10. The molecule has 1 aromatic heterocycles. The summed E-state index contributed by atoms with van der Waals surface area (Å²) < 4.78 is 1.35. The molecule has 3 aliphatic rings. The third-order valence-electron chi connectivity index (χ3n) is 9.99. The maximum atomic E-state index is 13.0. The van der Waals surface area contributed by atoms with Gasteiger partial charge >= 0.3 is 5.69 Å². The predicted molar refractivity (Wildman–Crippen MR) is 174 cm³/mol. The summed E-state index contributed by atoms with van der Waals surface area (Å²) in [5.41, 5.74) is 6.48. The minimum Gasteiger partial charge on any atom is -0.388 e. The minimum absolute atomic E-state index is 0.0465. The highest BCUT2D eigenvalue weighted by molar-refractivity contribution is 5.94. The predicted octanol–water partition coefficient (Wildman–Crippen LogP) is 2.96. The van der Waals surface area contributed by atoms with Crippen LogP contribution in [0.5, 0.6) is 0 Å². The number of fused-ring (bicyclic) bond motifs is 3. The number of likely N-dealkylation sites (tertiary alicyclic amines) is 1. The van der Waals surface area contributed by atoms with E-state index in [4.69, 9.17) is 5.10 Å². The highest BCUT2D eigenvalue weighted by Gasteiger charge is 2.52. The quantitative estimate of drug-likeness (QED) is 0.279.